The molecule has 0 aliphatic carbocycles. The predicted octanol–water partition coefficient (Wildman–Crippen LogP) is 2.14. The summed E-state index contributed by atoms with van der Waals surface area (Å²) in [5.74, 6) is -0.525. The number of aliphatic carboxylic acids is 1. The molecule has 2 aromatic heterocycles. The number of pyridine rings is 1. The smallest absolute Gasteiger partial charge is 0.322 e. The molecule has 0 amide bonds. The van der Waals surface area contributed by atoms with Gasteiger partial charge in [0.05, 0.1) is 11.3 Å². The number of carboxylic acids is 1. The van der Waals surface area contributed by atoms with Crippen LogP contribution in [0.5, 0.6) is 0 Å². The summed E-state index contributed by atoms with van der Waals surface area (Å²) >= 11 is 0. The van der Waals surface area contributed by atoms with E-state index in [9.17, 15) is 14.3 Å². The van der Waals surface area contributed by atoms with Gasteiger partial charge in [-0.1, -0.05) is 0 Å². The SMILES string of the molecule is O=C(O)C1CN(c2n[nH]c(-c3ccc(F)cc3)c2-c2ccncc2)CCN1. The van der Waals surface area contributed by atoms with Crippen LogP contribution in [0.1, 0.15) is 0 Å². The number of nitrogens with one attached hydrogen (secondary N) is 2. The summed E-state index contributed by atoms with van der Waals surface area (Å²) in [6, 6.07) is 9.27. The first-order valence-electron chi connectivity index (χ1n) is 8.59. The van der Waals surface area contributed by atoms with Crippen LogP contribution in [0.15, 0.2) is 48.8 Å². The lowest BCUT2D eigenvalue weighted by molar-refractivity contribution is -0.139. The van der Waals surface area contributed by atoms with E-state index in [1.54, 1.807) is 24.5 Å². The monoisotopic (exact) mass is 367 g/mol. The van der Waals surface area contributed by atoms with Gasteiger partial charge in [-0.3, -0.25) is 14.9 Å². The molecule has 27 heavy (non-hydrogen) atoms. The number of hydrogen-bond acceptors (Lipinski definition) is 5. The number of piperazine rings is 1. The maximum atomic E-state index is 13.3. The molecule has 1 aromatic carbocycles. The lowest BCUT2D eigenvalue weighted by Gasteiger charge is -2.32. The Morgan fingerprint density at radius 1 is 1.15 bits per heavy atom. The average molecular weight is 367 g/mol. The van der Waals surface area contributed by atoms with Crippen molar-refractivity contribution in [1.29, 1.82) is 0 Å². The minimum atomic E-state index is -0.889. The minimum Gasteiger partial charge on any atom is -0.480 e. The van der Waals surface area contributed by atoms with E-state index >= 15 is 0 Å². The van der Waals surface area contributed by atoms with E-state index in [2.05, 4.69) is 20.5 Å². The zero-order valence-electron chi connectivity index (χ0n) is 14.4. The first-order valence-corrected chi connectivity index (χ1v) is 8.59. The fourth-order valence-electron chi connectivity index (χ4n) is 3.29. The molecule has 0 spiro atoms. The third-order valence-electron chi connectivity index (χ3n) is 4.62. The van der Waals surface area contributed by atoms with Crippen LogP contribution in [0.2, 0.25) is 0 Å². The molecule has 138 valence electrons. The van der Waals surface area contributed by atoms with Crippen LogP contribution in [-0.4, -0.2) is 51.9 Å². The van der Waals surface area contributed by atoms with Crippen molar-refractivity contribution in [3.05, 3.63) is 54.6 Å². The zero-order valence-corrected chi connectivity index (χ0v) is 14.4. The summed E-state index contributed by atoms with van der Waals surface area (Å²) < 4.78 is 13.3. The Balaban J connectivity index is 1.80. The van der Waals surface area contributed by atoms with Gasteiger partial charge >= 0.3 is 5.97 Å². The number of nitrogens with zero attached hydrogens (tertiary/aromatic N) is 3. The largest absolute Gasteiger partial charge is 0.480 e. The molecule has 1 saturated heterocycles. The molecule has 3 N–H and O–H groups in total. The van der Waals surface area contributed by atoms with E-state index in [0.717, 1.165) is 22.4 Å². The Kier molecular flexibility index (Phi) is 4.55. The molecule has 1 unspecified atom stereocenters. The highest BCUT2D eigenvalue weighted by Gasteiger charge is 2.29. The molecular formula is C19H18FN5O2. The minimum absolute atomic E-state index is 0.307. The number of anilines is 1. The number of carbonyl (C=O) groups is 1. The maximum absolute atomic E-state index is 13.3. The molecule has 4 rings (SSSR count). The van der Waals surface area contributed by atoms with Crippen LogP contribution in [0.25, 0.3) is 22.4 Å². The van der Waals surface area contributed by atoms with Gasteiger partial charge in [0.25, 0.3) is 0 Å². The fourth-order valence-corrected chi connectivity index (χ4v) is 3.29. The average Bonchev–Trinajstić information content (AvgIpc) is 3.14. The maximum Gasteiger partial charge on any atom is 0.322 e. The number of rotatable bonds is 4. The fraction of sp³-hybridized carbons (Fsp3) is 0.211. The van der Waals surface area contributed by atoms with Crippen LogP contribution < -0.4 is 10.2 Å². The molecule has 0 bridgehead atoms. The van der Waals surface area contributed by atoms with Gasteiger partial charge in [0.2, 0.25) is 0 Å². The quantitative estimate of drug-likeness (QED) is 0.654. The molecule has 3 heterocycles. The van der Waals surface area contributed by atoms with Crippen LogP contribution >= 0.6 is 0 Å². The molecule has 1 fully saturated rings. The summed E-state index contributed by atoms with van der Waals surface area (Å²) in [4.78, 5) is 17.4. The number of aromatic nitrogens is 3. The number of carboxylic acid groups (broad SMARTS) is 1. The standard InChI is InChI=1S/C19H18FN5O2/c20-14-3-1-13(2-4-14)17-16(12-5-7-21-8-6-12)18(24-23-17)25-10-9-22-15(11-25)19(26)27/h1-8,15,22H,9-11H2,(H,23,24)(H,26,27). The topological polar surface area (TPSA) is 94.1 Å². The second-order valence-corrected chi connectivity index (χ2v) is 6.33. The normalized spacial score (nSPS) is 17.1. The van der Waals surface area contributed by atoms with E-state index < -0.39 is 12.0 Å². The zero-order chi connectivity index (χ0) is 18.8. The predicted molar refractivity (Wildman–Crippen MR) is 98.9 cm³/mol. The van der Waals surface area contributed by atoms with Crippen molar-refractivity contribution in [2.24, 2.45) is 0 Å². The van der Waals surface area contributed by atoms with Crippen molar-refractivity contribution in [2.75, 3.05) is 24.5 Å². The molecule has 7 nitrogen and oxygen atoms in total. The summed E-state index contributed by atoms with van der Waals surface area (Å²) in [7, 11) is 0. The van der Waals surface area contributed by atoms with E-state index in [1.807, 2.05) is 17.0 Å². The number of halogens is 1. The number of H-pyrrole nitrogens is 1. The van der Waals surface area contributed by atoms with Gasteiger partial charge in [-0.15, -0.1) is 0 Å². The number of aromatic amines is 1. The van der Waals surface area contributed by atoms with Crippen LogP contribution in [0.3, 0.4) is 0 Å². The summed E-state index contributed by atoms with van der Waals surface area (Å²) in [5, 5.41) is 19.9. The molecule has 1 aliphatic heterocycles. The van der Waals surface area contributed by atoms with Crippen molar-refractivity contribution >= 4 is 11.8 Å². The molecule has 0 saturated carbocycles. The summed E-state index contributed by atoms with van der Waals surface area (Å²) in [6.45, 7) is 1.49. The first-order chi connectivity index (χ1) is 13.1. The summed E-state index contributed by atoms with van der Waals surface area (Å²) in [6.07, 6.45) is 3.39. The van der Waals surface area contributed by atoms with Gasteiger partial charge in [-0.25, -0.2) is 4.39 Å². The first kappa shape index (κ1) is 17.2. The summed E-state index contributed by atoms with van der Waals surface area (Å²) in [5.41, 5.74) is 3.29. The van der Waals surface area contributed by atoms with Gasteiger partial charge in [0, 0.05) is 37.6 Å². The van der Waals surface area contributed by atoms with Gasteiger partial charge in [0.1, 0.15) is 11.9 Å². The second kappa shape index (κ2) is 7.16. The van der Waals surface area contributed by atoms with Gasteiger partial charge in [-0.05, 0) is 42.0 Å². The molecular weight excluding hydrogens is 349 g/mol. The van der Waals surface area contributed by atoms with E-state index in [1.165, 1.54) is 12.1 Å². The Bertz CT molecular complexity index is 942. The van der Waals surface area contributed by atoms with Crippen molar-refractivity contribution in [1.82, 2.24) is 20.5 Å². The third kappa shape index (κ3) is 3.39. The van der Waals surface area contributed by atoms with Gasteiger partial charge in [-0.2, -0.15) is 5.10 Å². The highest BCUT2D eigenvalue weighted by molar-refractivity contribution is 5.89. The molecule has 0 radical (unpaired) electrons. The van der Waals surface area contributed by atoms with E-state index in [-0.39, 0.29) is 5.82 Å². The van der Waals surface area contributed by atoms with Crippen molar-refractivity contribution in [3.8, 4) is 22.4 Å². The molecule has 3 aromatic rings. The highest BCUT2D eigenvalue weighted by Crippen LogP contribution is 2.38. The van der Waals surface area contributed by atoms with Crippen molar-refractivity contribution in [3.63, 3.8) is 0 Å². The van der Waals surface area contributed by atoms with E-state index in [4.69, 9.17) is 0 Å². The Labute approximate surface area is 154 Å². The number of benzene rings is 1. The Morgan fingerprint density at radius 2 is 1.89 bits per heavy atom. The van der Waals surface area contributed by atoms with Crippen molar-refractivity contribution in [2.45, 2.75) is 6.04 Å². The van der Waals surface area contributed by atoms with E-state index in [0.29, 0.717) is 25.5 Å². The third-order valence-corrected chi connectivity index (χ3v) is 4.62. The number of hydrogen-bond donors (Lipinski definition) is 3. The van der Waals surface area contributed by atoms with Crippen molar-refractivity contribution < 1.29 is 14.3 Å². The molecule has 1 aliphatic rings. The Morgan fingerprint density at radius 3 is 2.59 bits per heavy atom. The van der Waals surface area contributed by atoms with Crippen LogP contribution in [0, 0.1) is 5.82 Å². The lowest BCUT2D eigenvalue weighted by atomic mass is 10.0. The lowest BCUT2D eigenvalue weighted by Crippen LogP contribution is -2.54. The van der Waals surface area contributed by atoms with Gasteiger partial charge in [0.15, 0.2) is 5.82 Å². The molecule has 8 heteroatoms. The van der Waals surface area contributed by atoms with Crippen LogP contribution in [0.4, 0.5) is 10.2 Å². The Hall–Kier alpha value is -3.26. The highest BCUT2D eigenvalue weighted by atomic mass is 19.1. The second-order valence-electron chi connectivity index (χ2n) is 6.33. The van der Waals surface area contributed by atoms with Crippen LogP contribution in [-0.2, 0) is 4.79 Å². The molecule has 1 atom stereocenters. The van der Waals surface area contributed by atoms with Gasteiger partial charge < -0.3 is 15.3 Å².